The van der Waals surface area contributed by atoms with E-state index in [1.165, 1.54) is 40.3 Å². The van der Waals surface area contributed by atoms with Crippen molar-refractivity contribution in [1.82, 2.24) is 10.6 Å². The van der Waals surface area contributed by atoms with Gasteiger partial charge in [-0.15, -0.1) is 0 Å². The number of carbonyl (C=O) groups excluding carboxylic acids is 6. The molecule has 3 N–H and O–H groups in total. The Morgan fingerprint density at radius 3 is 2.22 bits per heavy atom. The van der Waals surface area contributed by atoms with E-state index in [9.17, 15) is 29.1 Å². The van der Waals surface area contributed by atoms with Gasteiger partial charge in [0.05, 0.1) is 36.2 Å². The molecule has 1 amide bonds. The number of benzene rings is 1. The number of ketones is 1. The summed E-state index contributed by atoms with van der Waals surface area (Å²) in [5.41, 5.74) is -7.14. The number of amides is 1. The van der Waals surface area contributed by atoms with Gasteiger partial charge in [0.1, 0.15) is 41.7 Å². The zero-order valence-electron chi connectivity index (χ0n) is 38.9. The Hall–Kier alpha value is -4.94. The third-order valence-corrected chi connectivity index (χ3v) is 13.3. The molecule has 17 heteroatoms. The molecule has 4 aliphatic rings. The van der Waals surface area contributed by atoms with Crippen LogP contribution in [-0.2, 0) is 61.9 Å². The fraction of sp³-hybridized carbons (Fsp3) is 0.617. The summed E-state index contributed by atoms with van der Waals surface area (Å²) in [6, 6.07) is 6.93. The van der Waals surface area contributed by atoms with Gasteiger partial charge in [0.25, 0.3) is 0 Å². The molecule has 2 bridgehead atoms. The Balaban J connectivity index is 1.76. The second kappa shape index (κ2) is 18.9. The molecule has 3 aliphatic carbocycles. The average molecular weight is 897 g/mol. The van der Waals surface area contributed by atoms with Gasteiger partial charge in [-0.1, -0.05) is 62.9 Å². The Morgan fingerprint density at radius 2 is 1.70 bits per heavy atom. The number of hydrogen-bond donors (Lipinski definition) is 3. The summed E-state index contributed by atoms with van der Waals surface area (Å²) in [5.74, 6) is -5.51. The first kappa shape index (κ1) is 50.1. The first-order chi connectivity index (χ1) is 29.9. The minimum Gasteiger partial charge on any atom is -0.455 e. The molecular formula is C47H64N2O15. The Bertz CT molecular complexity index is 2060. The van der Waals surface area contributed by atoms with E-state index < -0.39 is 118 Å². The maximum Gasteiger partial charge on any atom is 0.408 e. The maximum atomic E-state index is 15.6. The van der Waals surface area contributed by atoms with Gasteiger partial charge < -0.3 is 53.6 Å². The summed E-state index contributed by atoms with van der Waals surface area (Å²) >= 11 is 0. The molecule has 3 fully saturated rings. The zero-order chi connectivity index (χ0) is 47.7. The van der Waals surface area contributed by atoms with Gasteiger partial charge in [0.2, 0.25) is 6.10 Å². The zero-order valence-corrected chi connectivity index (χ0v) is 38.9. The summed E-state index contributed by atoms with van der Waals surface area (Å²) in [4.78, 5) is 84.5. The second-order valence-electron chi connectivity index (χ2n) is 18.6. The predicted octanol–water partition coefficient (Wildman–Crippen LogP) is 4.16. The number of allylic oxidation sites excluding steroid dienone is 1. The fourth-order valence-corrected chi connectivity index (χ4v) is 10.2. The van der Waals surface area contributed by atoms with Crippen molar-refractivity contribution < 1.29 is 71.8 Å². The third kappa shape index (κ3) is 8.89. The lowest BCUT2D eigenvalue weighted by molar-refractivity contribution is -0.348. The van der Waals surface area contributed by atoms with E-state index >= 15 is 4.79 Å². The summed E-state index contributed by atoms with van der Waals surface area (Å²) in [7, 11) is 4.27. The molecule has 11 atom stereocenters. The van der Waals surface area contributed by atoms with Gasteiger partial charge in [0, 0.05) is 39.4 Å². The summed E-state index contributed by atoms with van der Waals surface area (Å²) in [6.07, 6.45) is -6.71. The molecule has 2 saturated carbocycles. The fourth-order valence-electron chi connectivity index (χ4n) is 10.2. The highest BCUT2D eigenvalue weighted by molar-refractivity contribution is 5.95. The van der Waals surface area contributed by atoms with Gasteiger partial charge in [-0.05, 0) is 65.3 Å². The van der Waals surface area contributed by atoms with Crippen molar-refractivity contribution in [3.05, 3.63) is 71.3 Å². The number of esters is 4. The van der Waals surface area contributed by atoms with Gasteiger partial charge in [-0.2, -0.15) is 0 Å². The van der Waals surface area contributed by atoms with Crippen molar-refractivity contribution in [2.45, 2.75) is 135 Å². The van der Waals surface area contributed by atoms with Crippen molar-refractivity contribution in [3.8, 4) is 0 Å². The van der Waals surface area contributed by atoms with Crippen LogP contribution in [0, 0.1) is 16.7 Å². The van der Waals surface area contributed by atoms with Crippen LogP contribution in [0.4, 0.5) is 4.79 Å². The van der Waals surface area contributed by atoms with E-state index in [2.05, 4.69) is 17.2 Å². The van der Waals surface area contributed by atoms with E-state index in [1.807, 2.05) is 0 Å². The summed E-state index contributed by atoms with van der Waals surface area (Å²) in [5, 5.41) is 19.2. The summed E-state index contributed by atoms with van der Waals surface area (Å²) < 4.78 is 48.5. The standard InChI is InChI=1S/C47H64N2O15/c1-14-27(15-2)40(53)62-39-37-45(10,30(57-12)21-31-46(37,24-59-31)63-26(4)50)38(52)35(58-13)33-25(3)29(22-47(39,56)44(33,8)9)60-41(54)36(61-32(51)23-48-11)34(28-19-17-16-18-20-28)49-42(55)64-43(5,6)7/h14-20,29-31,34-37,39,48,56H,1,21-24H2,2-13H3,(H,49,55)/b27-15+/t29-,30-,31+,34-,35+,36+,37?,39?,45+,46-,47+/m0/s1. The number of methoxy groups -OCH3 is 2. The Kier molecular flexibility index (Phi) is 14.8. The smallest absolute Gasteiger partial charge is 0.408 e. The minimum atomic E-state index is -2.28. The van der Waals surface area contributed by atoms with E-state index in [0.717, 1.165) is 0 Å². The van der Waals surface area contributed by atoms with Crippen LogP contribution in [0.3, 0.4) is 0 Å². The van der Waals surface area contributed by atoms with Crippen LogP contribution in [-0.4, -0.2) is 129 Å². The van der Waals surface area contributed by atoms with Crippen LogP contribution in [0.5, 0.6) is 0 Å². The monoisotopic (exact) mass is 896 g/mol. The number of alkyl carbamates (subject to hydrolysis) is 1. The number of nitrogens with one attached hydrogen (secondary N) is 2. The van der Waals surface area contributed by atoms with Gasteiger partial charge in [-0.25, -0.2) is 14.4 Å². The third-order valence-electron chi connectivity index (χ3n) is 13.3. The lowest BCUT2D eigenvalue weighted by Gasteiger charge is -2.67. The molecule has 0 radical (unpaired) electrons. The molecule has 1 aromatic rings. The number of aliphatic hydroxyl groups is 1. The second-order valence-corrected chi connectivity index (χ2v) is 18.6. The van der Waals surface area contributed by atoms with Crippen molar-refractivity contribution in [3.63, 3.8) is 0 Å². The molecule has 0 aromatic heterocycles. The highest BCUT2D eigenvalue weighted by Gasteiger charge is 2.78. The lowest BCUT2D eigenvalue weighted by Crippen LogP contribution is -2.82. The number of hydrogen-bond acceptors (Lipinski definition) is 16. The first-order valence-corrected chi connectivity index (χ1v) is 21.4. The molecule has 0 spiro atoms. The number of rotatable bonds is 14. The largest absolute Gasteiger partial charge is 0.455 e. The molecule has 17 nitrogen and oxygen atoms in total. The number of likely N-dealkylation sites (N-methyl/N-ethyl adjacent to an activating group) is 1. The molecule has 5 rings (SSSR count). The molecular weight excluding hydrogens is 833 g/mol. The van der Waals surface area contributed by atoms with Gasteiger partial charge in [-0.3, -0.25) is 14.4 Å². The molecule has 64 heavy (non-hydrogen) atoms. The van der Waals surface area contributed by atoms with Crippen molar-refractivity contribution in [2.75, 3.05) is 34.4 Å². The number of carbonyl (C=O) groups is 6. The van der Waals surface area contributed by atoms with Crippen LogP contribution in [0.15, 0.2) is 65.8 Å². The van der Waals surface area contributed by atoms with E-state index in [1.54, 1.807) is 85.7 Å². The van der Waals surface area contributed by atoms with E-state index in [-0.39, 0.29) is 30.7 Å². The molecule has 1 heterocycles. The van der Waals surface area contributed by atoms with Crippen LogP contribution in [0.25, 0.3) is 0 Å². The van der Waals surface area contributed by atoms with Crippen molar-refractivity contribution in [2.24, 2.45) is 16.7 Å². The Labute approximate surface area is 374 Å². The van der Waals surface area contributed by atoms with Gasteiger partial charge >= 0.3 is 30.0 Å². The SMILES string of the molecule is C=C/C(=C\C)C(=O)OC1C2[C@](C)(C(=O)[C@H](OC)C3=C(C)[C@@H](OC(=O)[C@H](OC(=O)CNC)[C@@H](NC(=O)OC(C)(C)C)c4ccccc4)C[C@]1(O)C3(C)C)[C@@H](OC)C[C@H]1OC[C@@]21OC(C)=O. The van der Waals surface area contributed by atoms with Crippen LogP contribution >= 0.6 is 0 Å². The maximum absolute atomic E-state index is 15.6. The molecule has 1 aliphatic heterocycles. The van der Waals surface area contributed by atoms with Crippen LogP contribution in [0.1, 0.15) is 86.8 Å². The minimum absolute atomic E-state index is 0.0368. The molecule has 2 unspecified atom stereocenters. The van der Waals surface area contributed by atoms with Crippen molar-refractivity contribution >= 4 is 35.8 Å². The number of Topliss-reactive ketones (excluding diaryl/α,β-unsaturated/α-hetero) is 1. The van der Waals surface area contributed by atoms with Gasteiger partial charge in [0.15, 0.2) is 11.4 Å². The van der Waals surface area contributed by atoms with Crippen LogP contribution < -0.4 is 10.6 Å². The highest BCUT2D eigenvalue weighted by atomic mass is 16.6. The molecule has 1 aromatic carbocycles. The quantitative estimate of drug-likeness (QED) is 0.0785. The number of fused-ring (bicyclic) bond motifs is 5. The Morgan fingerprint density at radius 1 is 1.05 bits per heavy atom. The van der Waals surface area contributed by atoms with E-state index in [0.29, 0.717) is 11.1 Å². The normalized spacial score (nSPS) is 31.8. The number of ether oxygens (including phenoxy) is 8. The molecule has 1 saturated heterocycles. The van der Waals surface area contributed by atoms with Crippen molar-refractivity contribution in [1.29, 1.82) is 0 Å². The average Bonchev–Trinajstić information content (AvgIpc) is 3.21. The highest BCUT2D eigenvalue weighted by Crippen LogP contribution is 2.64. The van der Waals surface area contributed by atoms with E-state index in [4.69, 9.17) is 37.9 Å². The predicted molar refractivity (Wildman–Crippen MR) is 229 cm³/mol. The first-order valence-electron chi connectivity index (χ1n) is 21.4. The van der Waals surface area contributed by atoms with Crippen LogP contribution in [0.2, 0.25) is 0 Å². The topological polar surface area (TPSA) is 221 Å². The summed E-state index contributed by atoms with van der Waals surface area (Å²) in [6.45, 7) is 17.6. The molecule has 352 valence electrons. The lowest BCUT2D eigenvalue weighted by atomic mass is 9.44.